The quantitative estimate of drug-likeness (QED) is 0.843. The van der Waals surface area contributed by atoms with Crippen molar-refractivity contribution in [1.82, 2.24) is 9.29 Å². The average molecular weight is 299 g/mol. The molecule has 1 heterocycles. The summed E-state index contributed by atoms with van der Waals surface area (Å²) in [7, 11) is -3.46. The zero-order valence-electron chi connectivity index (χ0n) is 12.4. The van der Waals surface area contributed by atoms with Gasteiger partial charge in [-0.3, -0.25) is 0 Å². The summed E-state index contributed by atoms with van der Waals surface area (Å²) in [5, 5.41) is 0. The third-order valence-electron chi connectivity index (χ3n) is 4.03. The minimum Gasteiger partial charge on any atom is -0.349 e. The van der Waals surface area contributed by atoms with E-state index in [4.69, 9.17) is 5.73 Å². The lowest BCUT2D eigenvalue weighted by molar-refractivity contribution is 0.427. The zero-order chi connectivity index (χ0) is 14.8. The smallest absolute Gasteiger partial charge is 0.242 e. The Kier molecular flexibility index (Phi) is 4.56. The van der Waals surface area contributed by atoms with Crippen molar-refractivity contribution in [3.63, 3.8) is 0 Å². The Morgan fingerprint density at radius 1 is 1.40 bits per heavy atom. The summed E-state index contributed by atoms with van der Waals surface area (Å²) in [6, 6.07) is 1.69. The Balaban J connectivity index is 2.25. The lowest BCUT2D eigenvalue weighted by atomic mass is 10.0. The molecule has 1 aliphatic carbocycles. The first kappa shape index (κ1) is 15.5. The molecule has 114 valence electrons. The van der Waals surface area contributed by atoms with Crippen LogP contribution in [0.5, 0.6) is 0 Å². The maximum atomic E-state index is 12.5. The van der Waals surface area contributed by atoms with Gasteiger partial charge in [-0.2, -0.15) is 0 Å². The molecule has 1 saturated carbocycles. The summed E-state index contributed by atoms with van der Waals surface area (Å²) in [6.07, 6.45) is 6.64. The molecule has 0 atom stereocenters. The molecule has 20 heavy (non-hydrogen) atoms. The number of nitrogens with two attached hydrogens (primary N) is 1. The van der Waals surface area contributed by atoms with E-state index in [1.54, 1.807) is 12.3 Å². The van der Waals surface area contributed by atoms with Gasteiger partial charge >= 0.3 is 0 Å². The monoisotopic (exact) mass is 299 g/mol. The number of sulfonamides is 1. The highest BCUT2D eigenvalue weighted by Crippen LogP contribution is 2.30. The molecule has 1 aromatic rings. The standard InChI is InChI=1S/C14H25N3O2S/c1-3-8-17-11-13(9-12(17)10-15)20(18,19)16-14(2)6-4-5-7-14/h9,11,16H,3-8,10,15H2,1-2H3. The van der Waals surface area contributed by atoms with Crippen molar-refractivity contribution in [2.45, 2.75) is 69.5 Å². The van der Waals surface area contributed by atoms with Crippen molar-refractivity contribution in [3.8, 4) is 0 Å². The summed E-state index contributed by atoms with van der Waals surface area (Å²) in [5.41, 5.74) is 6.26. The van der Waals surface area contributed by atoms with Gasteiger partial charge in [-0.25, -0.2) is 13.1 Å². The van der Waals surface area contributed by atoms with Gasteiger partial charge in [-0.05, 0) is 32.3 Å². The molecule has 0 saturated heterocycles. The van der Waals surface area contributed by atoms with Crippen molar-refractivity contribution in [1.29, 1.82) is 0 Å². The predicted molar refractivity (Wildman–Crippen MR) is 79.8 cm³/mol. The molecule has 0 aliphatic heterocycles. The Bertz CT molecular complexity index is 557. The zero-order valence-corrected chi connectivity index (χ0v) is 13.2. The molecule has 6 heteroatoms. The molecule has 2 rings (SSSR count). The van der Waals surface area contributed by atoms with Gasteiger partial charge < -0.3 is 10.3 Å². The van der Waals surface area contributed by atoms with E-state index in [2.05, 4.69) is 11.6 Å². The molecule has 0 aromatic carbocycles. The van der Waals surface area contributed by atoms with Gasteiger partial charge in [0.25, 0.3) is 0 Å². The van der Waals surface area contributed by atoms with E-state index >= 15 is 0 Å². The van der Waals surface area contributed by atoms with Crippen LogP contribution in [0.1, 0.15) is 51.6 Å². The van der Waals surface area contributed by atoms with E-state index in [9.17, 15) is 8.42 Å². The van der Waals surface area contributed by atoms with Crippen LogP contribution in [-0.4, -0.2) is 18.5 Å². The topological polar surface area (TPSA) is 77.1 Å². The Morgan fingerprint density at radius 3 is 2.60 bits per heavy atom. The minimum absolute atomic E-state index is 0.297. The first-order chi connectivity index (χ1) is 9.40. The van der Waals surface area contributed by atoms with Crippen molar-refractivity contribution in [3.05, 3.63) is 18.0 Å². The number of nitrogens with one attached hydrogen (secondary N) is 1. The second-order valence-corrected chi connectivity index (χ2v) is 7.62. The van der Waals surface area contributed by atoms with E-state index < -0.39 is 10.0 Å². The minimum atomic E-state index is -3.46. The third-order valence-corrected chi connectivity index (χ3v) is 5.64. The van der Waals surface area contributed by atoms with E-state index in [1.807, 2.05) is 11.5 Å². The maximum Gasteiger partial charge on any atom is 0.242 e. The van der Waals surface area contributed by atoms with Gasteiger partial charge in [0.15, 0.2) is 0 Å². The van der Waals surface area contributed by atoms with Crippen molar-refractivity contribution in [2.24, 2.45) is 5.73 Å². The van der Waals surface area contributed by atoms with Crippen molar-refractivity contribution >= 4 is 10.0 Å². The van der Waals surface area contributed by atoms with Crippen LogP contribution in [0.2, 0.25) is 0 Å². The van der Waals surface area contributed by atoms with Crippen LogP contribution < -0.4 is 10.5 Å². The van der Waals surface area contributed by atoms with Gasteiger partial charge in [0.05, 0.1) is 4.90 Å². The predicted octanol–water partition coefficient (Wildman–Crippen LogP) is 1.97. The average Bonchev–Trinajstić information content (AvgIpc) is 2.96. The van der Waals surface area contributed by atoms with Gasteiger partial charge in [-0.15, -0.1) is 0 Å². The van der Waals surface area contributed by atoms with Crippen LogP contribution in [0.15, 0.2) is 17.2 Å². The largest absolute Gasteiger partial charge is 0.349 e. The first-order valence-corrected chi connectivity index (χ1v) is 8.81. The van der Waals surface area contributed by atoms with Crippen LogP contribution in [0, 0.1) is 0 Å². The van der Waals surface area contributed by atoms with Gasteiger partial charge in [0.2, 0.25) is 10.0 Å². The van der Waals surface area contributed by atoms with Crippen molar-refractivity contribution < 1.29 is 8.42 Å². The summed E-state index contributed by atoms with van der Waals surface area (Å²) in [5.74, 6) is 0. The molecule has 5 nitrogen and oxygen atoms in total. The SMILES string of the molecule is CCCn1cc(S(=O)(=O)NC2(C)CCCC2)cc1CN. The highest BCUT2D eigenvalue weighted by Gasteiger charge is 2.34. The number of hydrogen-bond donors (Lipinski definition) is 2. The summed E-state index contributed by atoms with van der Waals surface area (Å²) in [6.45, 7) is 5.20. The Labute approximate surface area is 121 Å². The van der Waals surface area contributed by atoms with E-state index in [0.29, 0.717) is 11.4 Å². The summed E-state index contributed by atoms with van der Waals surface area (Å²) < 4.78 is 29.8. The second-order valence-electron chi connectivity index (χ2n) is 5.94. The Morgan fingerprint density at radius 2 is 2.05 bits per heavy atom. The number of aryl methyl sites for hydroxylation is 1. The van der Waals surface area contributed by atoms with Gasteiger partial charge in [0, 0.05) is 30.5 Å². The fourth-order valence-corrected chi connectivity index (χ4v) is 4.46. The van der Waals surface area contributed by atoms with E-state index in [0.717, 1.165) is 44.3 Å². The molecule has 0 bridgehead atoms. The number of nitrogens with zero attached hydrogens (tertiary/aromatic N) is 1. The van der Waals surface area contributed by atoms with E-state index in [-0.39, 0.29) is 5.54 Å². The number of aromatic nitrogens is 1. The number of hydrogen-bond acceptors (Lipinski definition) is 3. The lowest BCUT2D eigenvalue weighted by Crippen LogP contribution is -2.43. The summed E-state index contributed by atoms with van der Waals surface area (Å²) >= 11 is 0. The Hall–Kier alpha value is -0.850. The second kappa shape index (κ2) is 5.87. The van der Waals surface area contributed by atoms with Crippen molar-refractivity contribution in [2.75, 3.05) is 0 Å². The lowest BCUT2D eigenvalue weighted by Gasteiger charge is -2.24. The van der Waals surface area contributed by atoms with Gasteiger partial charge in [-0.1, -0.05) is 19.8 Å². The fraction of sp³-hybridized carbons (Fsp3) is 0.714. The molecular formula is C14H25N3O2S. The normalized spacial score (nSPS) is 18.6. The van der Waals surface area contributed by atoms with Gasteiger partial charge in [0.1, 0.15) is 0 Å². The molecule has 1 aliphatic rings. The fourth-order valence-electron chi connectivity index (χ4n) is 2.93. The molecule has 3 N–H and O–H groups in total. The summed E-state index contributed by atoms with van der Waals surface area (Å²) in [4.78, 5) is 0.333. The molecule has 0 spiro atoms. The maximum absolute atomic E-state index is 12.5. The molecule has 1 aromatic heterocycles. The van der Waals surface area contributed by atoms with Crippen LogP contribution in [0.3, 0.4) is 0 Å². The molecular weight excluding hydrogens is 274 g/mol. The van der Waals surface area contributed by atoms with E-state index in [1.165, 1.54) is 0 Å². The van der Waals surface area contributed by atoms with Crippen LogP contribution in [-0.2, 0) is 23.1 Å². The van der Waals surface area contributed by atoms with Crippen LogP contribution in [0.4, 0.5) is 0 Å². The highest BCUT2D eigenvalue weighted by atomic mass is 32.2. The molecule has 0 radical (unpaired) electrons. The molecule has 1 fully saturated rings. The van der Waals surface area contributed by atoms with Crippen LogP contribution in [0.25, 0.3) is 0 Å². The molecule has 0 amide bonds. The first-order valence-electron chi connectivity index (χ1n) is 7.33. The van der Waals surface area contributed by atoms with Crippen LogP contribution >= 0.6 is 0 Å². The molecule has 0 unspecified atom stereocenters. The highest BCUT2D eigenvalue weighted by molar-refractivity contribution is 7.89. The number of rotatable bonds is 6. The third kappa shape index (κ3) is 3.24.